The van der Waals surface area contributed by atoms with Crippen molar-refractivity contribution in [3.63, 3.8) is 0 Å². The third kappa shape index (κ3) is 5.59. The molecule has 1 atom stereocenters. The molecule has 2 aromatic rings. The first-order valence-electron chi connectivity index (χ1n) is 11.8. The molecule has 35 heavy (non-hydrogen) atoms. The van der Waals surface area contributed by atoms with Crippen molar-refractivity contribution in [3.8, 4) is 11.5 Å². The van der Waals surface area contributed by atoms with Crippen molar-refractivity contribution in [1.82, 2.24) is 9.80 Å². The zero-order chi connectivity index (χ0) is 25.7. The fourth-order valence-electron chi connectivity index (χ4n) is 4.09. The summed E-state index contributed by atoms with van der Waals surface area (Å²) in [5.74, 6) is -0.617. The predicted octanol–water partition coefficient (Wildman–Crippen LogP) is 3.53. The highest BCUT2D eigenvalue weighted by Gasteiger charge is 2.46. The summed E-state index contributed by atoms with van der Waals surface area (Å²) < 4.78 is 11.3. The van der Waals surface area contributed by atoms with Crippen LogP contribution >= 0.6 is 0 Å². The van der Waals surface area contributed by atoms with E-state index in [9.17, 15) is 14.7 Å². The summed E-state index contributed by atoms with van der Waals surface area (Å²) in [5.41, 5.74) is 2.13. The molecular weight excluding hydrogens is 446 g/mol. The lowest BCUT2D eigenvalue weighted by molar-refractivity contribution is -0.140. The van der Waals surface area contributed by atoms with Crippen LogP contribution in [0.3, 0.4) is 0 Å². The molecule has 3 rings (SSSR count). The molecule has 0 bridgehead atoms. The molecule has 0 spiro atoms. The lowest BCUT2D eigenvalue weighted by Crippen LogP contribution is -2.35. The molecule has 1 fully saturated rings. The second-order valence-corrected chi connectivity index (χ2v) is 8.81. The zero-order valence-corrected chi connectivity index (χ0v) is 21.4. The Bertz CT molecular complexity index is 1090. The summed E-state index contributed by atoms with van der Waals surface area (Å²) in [4.78, 5) is 31.9. The van der Waals surface area contributed by atoms with Gasteiger partial charge >= 0.3 is 0 Å². The Morgan fingerprint density at radius 1 is 0.971 bits per heavy atom. The Morgan fingerprint density at radius 3 is 2.20 bits per heavy atom. The summed E-state index contributed by atoms with van der Waals surface area (Å²) in [7, 11) is 7.70. The Balaban J connectivity index is 2.17. The number of benzene rings is 2. The lowest BCUT2D eigenvalue weighted by Gasteiger charge is -2.27. The van der Waals surface area contributed by atoms with Crippen LogP contribution in [-0.4, -0.2) is 81.1 Å². The fourth-order valence-corrected chi connectivity index (χ4v) is 4.09. The van der Waals surface area contributed by atoms with E-state index in [0.717, 1.165) is 11.3 Å². The Morgan fingerprint density at radius 2 is 1.63 bits per heavy atom. The smallest absolute Gasteiger partial charge is 0.295 e. The van der Waals surface area contributed by atoms with E-state index in [1.54, 1.807) is 18.2 Å². The van der Waals surface area contributed by atoms with Crippen LogP contribution in [-0.2, 0) is 9.59 Å². The van der Waals surface area contributed by atoms with Gasteiger partial charge in [0.15, 0.2) is 0 Å². The van der Waals surface area contributed by atoms with E-state index < -0.39 is 17.7 Å². The van der Waals surface area contributed by atoms with Crippen LogP contribution in [0.1, 0.15) is 31.0 Å². The van der Waals surface area contributed by atoms with E-state index in [1.165, 1.54) is 4.90 Å². The van der Waals surface area contributed by atoms with Crippen LogP contribution in [0.2, 0.25) is 0 Å². The number of nitrogens with zero attached hydrogens (tertiary/aromatic N) is 3. The highest BCUT2D eigenvalue weighted by atomic mass is 16.5. The minimum Gasteiger partial charge on any atom is -0.507 e. The molecule has 8 nitrogen and oxygen atoms in total. The van der Waals surface area contributed by atoms with Crippen molar-refractivity contribution < 1.29 is 24.2 Å². The van der Waals surface area contributed by atoms with E-state index >= 15 is 0 Å². The van der Waals surface area contributed by atoms with E-state index in [1.807, 2.05) is 76.1 Å². The molecule has 1 aliphatic heterocycles. The quantitative estimate of drug-likeness (QED) is 0.316. The van der Waals surface area contributed by atoms with Crippen molar-refractivity contribution >= 4 is 23.1 Å². The molecule has 1 saturated heterocycles. The largest absolute Gasteiger partial charge is 0.507 e. The van der Waals surface area contributed by atoms with Gasteiger partial charge in [-0.25, -0.2) is 0 Å². The molecule has 8 heteroatoms. The summed E-state index contributed by atoms with van der Waals surface area (Å²) in [5, 5.41) is 11.4. The Hall–Kier alpha value is -3.52. The van der Waals surface area contributed by atoms with Crippen molar-refractivity contribution in [1.29, 1.82) is 0 Å². The minimum absolute atomic E-state index is 0.0523. The molecule has 1 heterocycles. The third-order valence-corrected chi connectivity index (χ3v) is 5.87. The van der Waals surface area contributed by atoms with E-state index in [4.69, 9.17) is 9.47 Å². The third-order valence-electron chi connectivity index (χ3n) is 5.87. The van der Waals surface area contributed by atoms with Crippen LogP contribution in [0, 0.1) is 0 Å². The second kappa shape index (κ2) is 11.3. The topological polar surface area (TPSA) is 82.5 Å². The molecule has 2 aromatic carbocycles. The van der Waals surface area contributed by atoms with Gasteiger partial charge in [-0.2, -0.15) is 0 Å². The van der Waals surface area contributed by atoms with Crippen LogP contribution in [0.25, 0.3) is 5.76 Å². The first kappa shape index (κ1) is 26.1. The standard InChI is InChI=1S/C27H35N3O5/c1-7-34-20-13-14-21(22(17-20)35-8-2)25(31)23-24(18-9-11-19(12-10-18)29(5)6)30(16-15-28(3)4)27(33)26(23)32/h9-14,17,24,31H,7-8,15-16H2,1-6H3/b25-23-. The maximum atomic E-state index is 13.3. The van der Waals surface area contributed by atoms with Gasteiger partial charge in [-0.3, -0.25) is 9.59 Å². The zero-order valence-electron chi connectivity index (χ0n) is 21.4. The van der Waals surface area contributed by atoms with Crippen molar-refractivity contribution in [3.05, 3.63) is 59.2 Å². The number of rotatable bonds is 10. The maximum absolute atomic E-state index is 13.3. The van der Waals surface area contributed by atoms with Crippen LogP contribution in [0.15, 0.2) is 48.0 Å². The molecule has 1 unspecified atom stereocenters. The van der Waals surface area contributed by atoms with Crippen LogP contribution in [0.4, 0.5) is 5.69 Å². The van der Waals surface area contributed by atoms with Gasteiger partial charge < -0.3 is 29.3 Å². The molecule has 0 saturated carbocycles. The number of ketones is 1. The SMILES string of the molecule is CCOc1ccc(/C(O)=C2/C(=O)C(=O)N(CCN(C)C)C2c2ccc(N(C)C)cc2)c(OCC)c1. The number of anilines is 1. The van der Waals surface area contributed by atoms with E-state index in [0.29, 0.717) is 43.4 Å². The number of carbonyl (C=O) groups is 2. The van der Waals surface area contributed by atoms with Gasteiger partial charge in [0.2, 0.25) is 0 Å². The van der Waals surface area contributed by atoms with Gasteiger partial charge in [0.25, 0.3) is 11.7 Å². The molecular formula is C27H35N3O5. The van der Waals surface area contributed by atoms with Gasteiger partial charge in [0, 0.05) is 38.9 Å². The predicted molar refractivity (Wildman–Crippen MR) is 137 cm³/mol. The van der Waals surface area contributed by atoms with E-state index in [2.05, 4.69) is 0 Å². The number of amides is 1. The number of Topliss-reactive ketones (excluding diaryl/α,β-unsaturated/α-hetero) is 1. The maximum Gasteiger partial charge on any atom is 0.295 e. The monoisotopic (exact) mass is 481 g/mol. The number of aliphatic hydroxyl groups excluding tert-OH is 1. The van der Waals surface area contributed by atoms with Gasteiger partial charge in [-0.05, 0) is 57.8 Å². The number of hydrogen-bond acceptors (Lipinski definition) is 7. The lowest BCUT2D eigenvalue weighted by atomic mass is 9.94. The number of aliphatic hydroxyl groups is 1. The molecule has 0 radical (unpaired) electrons. The molecule has 1 N–H and O–H groups in total. The number of likely N-dealkylation sites (N-methyl/N-ethyl adjacent to an activating group) is 1. The molecule has 0 aromatic heterocycles. The second-order valence-electron chi connectivity index (χ2n) is 8.81. The summed E-state index contributed by atoms with van der Waals surface area (Å²) >= 11 is 0. The normalized spacial score (nSPS) is 17.2. The fraction of sp³-hybridized carbons (Fsp3) is 0.407. The van der Waals surface area contributed by atoms with Gasteiger partial charge in [0.1, 0.15) is 17.3 Å². The summed E-state index contributed by atoms with van der Waals surface area (Å²) in [6, 6.07) is 12.0. The molecule has 188 valence electrons. The number of hydrogen-bond donors (Lipinski definition) is 1. The van der Waals surface area contributed by atoms with Crippen molar-refractivity contribution in [2.45, 2.75) is 19.9 Å². The summed E-state index contributed by atoms with van der Waals surface area (Å²) in [6.45, 7) is 5.48. The van der Waals surface area contributed by atoms with Gasteiger partial charge in [-0.15, -0.1) is 0 Å². The van der Waals surface area contributed by atoms with Crippen LogP contribution < -0.4 is 14.4 Å². The highest BCUT2D eigenvalue weighted by Crippen LogP contribution is 2.41. The molecule has 0 aliphatic carbocycles. The first-order chi connectivity index (χ1) is 16.7. The molecule has 1 amide bonds. The minimum atomic E-state index is -0.716. The Kier molecular flexibility index (Phi) is 8.40. The number of likely N-dealkylation sites (tertiary alicyclic amines) is 1. The summed E-state index contributed by atoms with van der Waals surface area (Å²) in [6.07, 6.45) is 0. The Labute approximate surface area is 207 Å². The average molecular weight is 482 g/mol. The van der Waals surface area contributed by atoms with Crippen molar-refractivity contribution in [2.24, 2.45) is 0 Å². The average Bonchev–Trinajstić information content (AvgIpc) is 3.08. The molecule has 1 aliphatic rings. The number of carbonyl (C=O) groups excluding carboxylic acids is 2. The van der Waals surface area contributed by atoms with Gasteiger partial charge in [-0.1, -0.05) is 12.1 Å². The number of ether oxygens (including phenoxy) is 2. The van der Waals surface area contributed by atoms with Gasteiger partial charge in [0.05, 0.1) is 30.4 Å². The van der Waals surface area contributed by atoms with Crippen molar-refractivity contribution in [2.75, 3.05) is 59.4 Å². The van der Waals surface area contributed by atoms with E-state index in [-0.39, 0.29) is 11.3 Å². The highest BCUT2D eigenvalue weighted by molar-refractivity contribution is 6.46. The van der Waals surface area contributed by atoms with Crippen LogP contribution in [0.5, 0.6) is 11.5 Å². The first-order valence-corrected chi connectivity index (χ1v) is 11.8.